The Labute approximate surface area is 394 Å². The number of anilines is 1. The second kappa shape index (κ2) is 22.1. The number of primary sulfonamides is 1. The SMILES string of the molecule is Cc1ccc(CS(=O)(=O)Cl)cc1.Cc1ccc(CS(=O)(=O)NC(=O)Nc2c3c(cc4c2CCC4)CCC3)cc1.Cc1ccc(CS(N)(=O)=O)cc1.O=C=Nc1c2c(cc3c1CCC3)CCC2. The maximum Gasteiger partial charge on any atom is 0.332 e. The molecule has 4 aliphatic carbocycles. The van der Waals surface area contributed by atoms with Crippen molar-refractivity contribution in [2.24, 2.45) is 10.1 Å². The molecule has 0 fully saturated rings. The van der Waals surface area contributed by atoms with E-state index in [1.54, 1.807) is 42.5 Å². The van der Waals surface area contributed by atoms with E-state index in [0.29, 0.717) is 5.56 Å². The van der Waals surface area contributed by atoms with Gasteiger partial charge in [-0.3, -0.25) is 0 Å². The van der Waals surface area contributed by atoms with Crippen molar-refractivity contribution < 1.29 is 34.8 Å². The molecule has 0 saturated heterocycles. The van der Waals surface area contributed by atoms with Crippen LogP contribution in [0.3, 0.4) is 0 Å². The first-order valence-corrected chi connectivity index (χ1v) is 27.9. The summed E-state index contributed by atoms with van der Waals surface area (Å²) in [5.74, 6) is -0.409. The molecule has 0 heterocycles. The van der Waals surface area contributed by atoms with Crippen LogP contribution in [0.4, 0.5) is 16.2 Å². The van der Waals surface area contributed by atoms with Crippen LogP contribution in [0.25, 0.3) is 0 Å². The quantitative estimate of drug-likeness (QED) is 0.0738. The number of nitrogens with one attached hydrogen (secondary N) is 2. The summed E-state index contributed by atoms with van der Waals surface area (Å²) in [5.41, 5.74) is 17.6. The first kappa shape index (κ1) is 50.3. The average Bonchev–Trinajstić information content (AvgIpc) is 4.08. The molecule has 5 aromatic rings. The highest BCUT2D eigenvalue weighted by atomic mass is 35.7. The number of rotatable bonds is 9. The van der Waals surface area contributed by atoms with E-state index in [2.05, 4.69) is 27.2 Å². The molecule has 350 valence electrons. The number of sulfonamides is 2. The van der Waals surface area contributed by atoms with E-state index in [4.69, 9.17) is 15.8 Å². The van der Waals surface area contributed by atoms with Crippen LogP contribution in [0.2, 0.25) is 0 Å². The van der Waals surface area contributed by atoms with Gasteiger partial charge in [-0.1, -0.05) is 102 Å². The second-order valence-corrected chi connectivity index (χ2v) is 23.5. The molecule has 0 aromatic heterocycles. The van der Waals surface area contributed by atoms with Crippen molar-refractivity contribution in [3.05, 3.63) is 163 Å². The van der Waals surface area contributed by atoms with Gasteiger partial charge in [0.15, 0.2) is 0 Å². The van der Waals surface area contributed by atoms with Crippen LogP contribution in [0.15, 0.2) is 89.9 Å². The van der Waals surface area contributed by atoms with Gasteiger partial charge < -0.3 is 5.32 Å². The fraction of sp³-hybridized carbons (Fsp3) is 0.360. The number of halogens is 1. The molecule has 0 atom stereocenters. The van der Waals surface area contributed by atoms with Crippen LogP contribution in [-0.4, -0.2) is 37.4 Å². The van der Waals surface area contributed by atoms with Crippen molar-refractivity contribution in [2.45, 2.75) is 115 Å². The van der Waals surface area contributed by atoms with Crippen molar-refractivity contribution in [3.63, 3.8) is 0 Å². The van der Waals surface area contributed by atoms with Crippen LogP contribution in [-0.2, 0) is 103 Å². The first-order valence-electron chi connectivity index (χ1n) is 22.1. The number of hydrogen-bond acceptors (Lipinski definition) is 9. The minimum atomic E-state index is -3.76. The molecule has 0 unspecified atom stereocenters. The Balaban J connectivity index is 0.000000157. The van der Waals surface area contributed by atoms with E-state index >= 15 is 0 Å². The molecule has 0 radical (unpaired) electrons. The molecule has 12 nitrogen and oxygen atoms in total. The number of isocyanates is 1. The lowest BCUT2D eigenvalue weighted by Gasteiger charge is -2.16. The van der Waals surface area contributed by atoms with E-state index in [9.17, 15) is 34.8 Å². The van der Waals surface area contributed by atoms with E-state index < -0.39 is 35.1 Å². The minimum absolute atomic E-state index is 0.0900. The number of amides is 2. The van der Waals surface area contributed by atoms with Crippen LogP contribution in [0, 0.1) is 20.8 Å². The van der Waals surface area contributed by atoms with Crippen LogP contribution >= 0.6 is 10.7 Å². The minimum Gasteiger partial charge on any atom is -0.307 e. The number of benzene rings is 5. The number of nitrogens with two attached hydrogens (primary N) is 1. The topological polar surface area (TPSA) is 199 Å². The highest BCUT2D eigenvalue weighted by molar-refractivity contribution is 8.13. The molecular weight excluding hydrogens is 916 g/mol. The number of aliphatic imine (C=N–C) groups is 1. The van der Waals surface area contributed by atoms with Gasteiger partial charge in [-0.05, 0) is 159 Å². The Morgan fingerprint density at radius 3 is 1.32 bits per heavy atom. The monoisotopic (exact) mass is 972 g/mol. The van der Waals surface area contributed by atoms with Crippen LogP contribution in [0.5, 0.6) is 0 Å². The standard InChI is InChI=1S/C21H24N2O3S.C13H13NO.C8H9ClO2S.C8H11NO2S/c1-14-8-10-15(11-9-14)13-27(25,26)23-21(24)22-20-18-6-2-4-16(18)12-17-5-3-7-19(17)20;15-8-14-13-11-5-1-3-9(11)7-10-4-2-6-12(10)13;2*1-7-2-4-8(5-3-7)6-12(9,10)11/h8-12H,2-7,13H2,1H3,(H2,22,23,24);7H,1-6H2;2-5H,6H2,1H3;2-5H,6H2,1H3,(H2,9,10,11). The predicted octanol–water partition coefficient (Wildman–Crippen LogP) is 9.10. The molecular formula is C50H57ClN4O8S3. The predicted molar refractivity (Wildman–Crippen MR) is 262 cm³/mol. The fourth-order valence-electron chi connectivity index (χ4n) is 8.95. The van der Waals surface area contributed by atoms with Gasteiger partial charge in [0.1, 0.15) is 0 Å². The molecule has 2 amide bonds. The number of aryl methyl sites for hydroxylation is 7. The van der Waals surface area contributed by atoms with Gasteiger partial charge in [0.25, 0.3) is 0 Å². The lowest BCUT2D eigenvalue weighted by molar-refractivity contribution is 0.256. The number of urea groups is 1. The summed E-state index contributed by atoms with van der Waals surface area (Å²) in [6.07, 6.45) is 14.7. The van der Waals surface area contributed by atoms with E-state index in [-0.39, 0.29) is 17.3 Å². The molecule has 0 spiro atoms. The summed E-state index contributed by atoms with van der Waals surface area (Å²) < 4.78 is 69.6. The molecule has 0 aliphatic heterocycles. The van der Waals surface area contributed by atoms with Crippen molar-refractivity contribution in [2.75, 3.05) is 5.32 Å². The summed E-state index contributed by atoms with van der Waals surface area (Å²) in [6.45, 7) is 5.83. The first-order chi connectivity index (χ1) is 31.3. The smallest absolute Gasteiger partial charge is 0.307 e. The van der Waals surface area contributed by atoms with Gasteiger partial charge in [0, 0.05) is 16.4 Å². The summed E-state index contributed by atoms with van der Waals surface area (Å²) in [7, 11) is -5.49. The zero-order valence-corrected chi connectivity index (χ0v) is 40.8. The Hall–Kier alpha value is -5.15. The average molecular weight is 974 g/mol. The lowest BCUT2D eigenvalue weighted by atomic mass is 9.99. The van der Waals surface area contributed by atoms with Gasteiger partial charge in [0.05, 0.1) is 22.9 Å². The molecule has 16 heteroatoms. The van der Waals surface area contributed by atoms with E-state index in [1.165, 1.54) is 57.3 Å². The normalized spacial score (nSPS) is 14.3. The van der Waals surface area contributed by atoms with Gasteiger partial charge in [0.2, 0.25) is 35.2 Å². The highest BCUT2D eigenvalue weighted by Crippen LogP contribution is 2.40. The summed E-state index contributed by atoms with van der Waals surface area (Å²) in [4.78, 5) is 26.9. The van der Waals surface area contributed by atoms with Crippen molar-refractivity contribution >= 4 is 63.3 Å². The molecule has 0 saturated carbocycles. The molecule has 4 N–H and O–H groups in total. The van der Waals surface area contributed by atoms with Gasteiger partial charge in [-0.25, -0.2) is 44.7 Å². The number of fused-ring (bicyclic) bond motifs is 4. The third-order valence-electron chi connectivity index (χ3n) is 12.0. The second-order valence-electron chi connectivity index (χ2n) is 17.4. The van der Waals surface area contributed by atoms with Gasteiger partial charge >= 0.3 is 6.03 Å². The molecule has 9 rings (SSSR count). The largest absolute Gasteiger partial charge is 0.332 e. The molecule has 66 heavy (non-hydrogen) atoms. The summed E-state index contributed by atoms with van der Waals surface area (Å²) in [5, 5.41) is 7.74. The van der Waals surface area contributed by atoms with Crippen molar-refractivity contribution in [3.8, 4) is 0 Å². The zero-order valence-electron chi connectivity index (χ0n) is 37.6. The Bertz CT molecular complexity index is 2810. The van der Waals surface area contributed by atoms with Crippen LogP contribution in [0.1, 0.15) is 104 Å². The van der Waals surface area contributed by atoms with Gasteiger partial charge in [-0.2, -0.15) is 4.99 Å². The summed E-state index contributed by atoms with van der Waals surface area (Å²) >= 11 is 0. The number of hydrogen-bond donors (Lipinski definition) is 3. The van der Waals surface area contributed by atoms with Gasteiger partial charge in [-0.15, -0.1) is 0 Å². The number of carbonyl (C=O) groups excluding carboxylic acids is 2. The number of nitrogens with zero attached hydrogens (tertiary/aromatic N) is 1. The lowest BCUT2D eigenvalue weighted by Crippen LogP contribution is -2.35. The molecule has 5 aromatic carbocycles. The third kappa shape index (κ3) is 14.7. The third-order valence-corrected chi connectivity index (χ3v) is 14.9. The molecule has 0 bridgehead atoms. The highest BCUT2D eigenvalue weighted by Gasteiger charge is 2.27. The Morgan fingerprint density at radius 1 is 0.576 bits per heavy atom. The van der Waals surface area contributed by atoms with Crippen molar-refractivity contribution in [1.29, 1.82) is 0 Å². The van der Waals surface area contributed by atoms with E-state index in [0.717, 1.165) is 103 Å². The van der Waals surface area contributed by atoms with E-state index in [1.807, 2.05) is 57.2 Å². The zero-order chi connectivity index (χ0) is 47.6. The number of carbonyl (C=O) groups is 1. The Kier molecular flexibility index (Phi) is 16.8. The molecule has 4 aliphatic rings. The van der Waals surface area contributed by atoms with Crippen LogP contribution < -0.4 is 15.2 Å². The maximum atomic E-state index is 12.5. The fourth-order valence-corrected chi connectivity index (χ4v) is 11.6. The van der Waals surface area contributed by atoms with Crippen molar-refractivity contribution in [1.82, 2.24) is 4.72 Å². The Morgan fingerprint density at radius 2 is 0.939 bits per heavy atom. The maximum absolute atomic E-state index is 12.5. The summed E-state index contributed by atoms with van der Waals surface area (Å²) in [6, 6.07) is 25.7.